The van der Waals surface area contributed by atoms with E-state index in [0.717, 1.165) is 16.7 Å². The summed E-state index contributed by atoms with van der Waals surface area (Å²) >= 11 is 0. The molecule has 1 atom stereocenters. The molecule has 0 radical (unpaired) electrons. The summed E-state index contributed by atoms with van der Waals surface area (Å²) in [6, 6.07) is 15.1. The molecule has 0 aliphatic rings. The Balaban J connectivity index is 1.30. The van der Waals surface area contributed by atoms with Gasteiger partial charge in [0.1, 0.15) is 12.4 Å². The van der Waals surface area contributed by atoms with Crippen molar-refractivity contribution >= 4 is 5.91 Å². The van der Waals surface area contributed by atoms with Crippen molar-refractivity contribution < 1.29 is 23.1 Å². The summed E-state index contributed by atoms with van der Waals surface area (Å²) < 4.78 is 30.2. The second-order valence-corrected chi connectivity index (χ2v) is 7.97. The molecule has 35 heavy (non-hydrogen) atoms. The summed E-state index contributed by atoms with van der Waals surface area (Å²) in [5.74, 6) is 1.75. The molecule has 2 aromatic carbocycles. The first-order valence-corrected chi connectivity index (χ1v) is 11.2. The highest BCUT2D eigenvalue weighted by molar-refractivity contribution is 5.76. The zero-order valence-electron chi connectivity index (χ0n) is 19.5. The number of halogens is 1. The van der Waals surface area contributed by atoms with Crippen molar-refractivity contribution in [1.29, 1.82) is 0 Å². The molecule has 1 amide bonds. The number of aryl methyl sites for hydroxylation is 1. The zero-order chi connectivity index (χ0) is 24.6. The van der Waals surface area contributed by atoms with Crippen LogP contribution in [-0.4, -0.2) is 23.0 Å². The van der Waals surface area contributed by atoms with Crippen LogP contribution in [0.15, 0.2) is 77.6 Å². The second kappa shape index (κ2) is 11.3. The minimum absolute atomic E-state index is 0.129. The van der Waals surface area contributed by atoms with Crippen LogP contribution in [0.2, 0.25) is 0 Å². The fraction of sp³-hybridized carbons (Fsp3) is 0.222. The molecule has 1 unspecified atom stereocenters. The maximum absolute atomic E-state index is 13.1. The Morgan fingerprint density at radius 1 is 1.09 bits per heavy atom. The highest BCUT2D eigenvalue weighted by atomic mass is 19.1. The maximum atomic E-state index is 13.1. The van der Waals surface area contributed by atoms with Crippen molar-refractivity contribution in [2.45, 2.75) is 32.4 Å². The largest absolute Gasteiger partial charge is 0.493 e. The monoisotopic (exact) mass is 475 g/mol. The van der Waals surface area contributed by atoms with E-state index in [0.29, 0.717) is 36.2 Å². The van der Waals surface area contributed by atoms with Gasteiger partial charge in [0.25, 0.3) is 0 Å². The van der Waals surface area contributed by atoms with Crippen LogP contribution in [0.1, 0.15) is 36.4 Å². The van der Waals surface area contributed by atoms with Crippen LogP contribution in [0, 0.1) is 5.82 Å². The molecule has 0 spiro atoms. The van der Waals surface area contributed by atoms with Crippen molar-refractivity contribution in [3.8, 4) is 22.8 Å². The van der Waals surface area contributed by atoms with E-state index in [-0.39, 0.29) is 24.2 Å². The van der Waals surface area contributed by atoms with Gasteiger partial charge in [-0.05, 0) is 66.6 Å². The average molecular weight is 476 g/mol. The summed E-state index contributed by atoms with van der Waals surface area (Å²) in [6.45, 7) is 2.30. The van der Waals surface area contributed by atoms with Gasteiger partial charge in [0.2, 0.25) is 5.91 Å². The van der Waals surface area contributed by atoms with Gasteiger partial charge in [-0.1, -0.05) is 6.07 Å². The number of aromatic nitrogens is 2. The third kappa shape index (κ3) is 6.44. The van der Waals surface area contributed by atoms with E-state index in [1.54, 1.807) is 37.8 Å². The molecule has 180 valence electrons. The lowest BCUT2D eigenvalue weighted by Gasteiger charge is -2.17. The number of nitrogens with zero attached hydrogens (tertiary/aromatic N) is 2. The molecule has 0 aliphatic heterocycles. The van der Waals surface area contributed by atoms with E-state index in [2.05, 4.69) is 15.3 Å². The zero-order valence-corrected chi connectivity index (χ0v) is 19.5. The van der Waals surface area contributed by atoms with Gasteiger partial charge in [-0.15, -0.1) is 0 Å². The van der Waals surface area contributed by atoms with Gasteiger partial charge in [-0.2, -0.15) is 0 Å². The standard InChI is InChI=1S/C27H26FN3O4/c1-18(21-5-8-23(24(15-21)33-2)34-17-19-11-13-29-14-12-19)31-26(32)9-10-27-30-16-25(35-27)20-3-6-22(28)7-4-20/h3-8,11-16,18H,9-10,17H2,1-2H3,(H,31,32). The highest BCUT2D eigenvalue weighted by Crippen LogP contribution is 2.31. The third-order valence-electron chi connectivity index (χ3n) is 5.46. The van der Waals surface area contributed by atoms with Crippen molar-refractivity contribution in [2.75, 3.05) is 7.11 Å². The Bertz CT molecular complexity index is 1260. The fourth-order valence-corrected chi connectivity index (χ4v) is 3.50. The topological polar surface area (TPSA) is 86.5 Å². The number of ether oxygens (including phenoxy) is 2. The maximum Gasteiger partial charge on any atom is 0.220 e. The van der Waals surface area contributed by atoms with Crippen molar-refractivity contribution in [3.05, 3.63) is 96.0 Å². The Labute approximate surface area is 202 Å². The van der Waals surface area contributed by atoms with Crippen LogP contribution in [-0.2, 0) is 17.8 Å². The highest BCUT2D eigenvalue weighted by Gasteiger charge is 2.15. The molecule has 0 aliphatic carbocycles. The number of hydrogen-bond donors (Lipinski definition) is 1. The first kappa shape index (κ1) is 23.9. The molecular formula is C27H26FN3O4. The Kier molecular flexibility index (Phi) is 7.72. The molecule has 7 nitrogen and oxygen atoms in total. The van der Waals surface area contributed by atoms with Gasteiger partial charge < -0.3 is 19.2 Å². The van der Waals surface area contributed by atoms with Gasteiger partial charge >= 0.3 is 0 Å². The lowest BCUT2D eigenvalue weighted by molar-refractivity contribution is -0.121. The van der Waals surface area contributed by atoms with E-state index in [4.69, 9.17) is 13.9 Å². The molecular weight excluding hydrogens is 449 g/mol. The molecule has 1 N–H and O–H groups in total. The Hall–Kier alpha value is -4.20. The summed E-state index contributed by atoms with van der Waals surface area (Å²) in [6.07, 6.45) is 5.59. The average Bonchev–Trinajstić information content (AvgIpc) is 3.36. The number of methoxy groups -OCH3 is 1. The van der Waals surface area contributed by atoms with E-state index in [9.17, 15) is 9.18 Å². The van der Waals surface area contributed by atoms with Gasteiger partial charge in [-0.25, -0.2) is 9.37 Å². The lowest BCUT2D eigenvalue weighted by Crippen LogP contribution is -2.26. The Morgan fingerprint density at radius 3 is 2.60 bits per heavy atom. The molecule has 2 aromatic heterocycles. The minimum atomic E-state index is -0.316. The number of oxazole rings is 1. The third-order valence-corrected chi connectivity index (χ3v) is 5.46. The van der Waals surface area contributed by atoms with E-state index < -0.39 is 0 Å². The molecule has 8 heteroatoms. The van der Waals surface area contributed by atoms with Crippen molar-refractivity contribution in [1.82, 2.24) is 15.3 Å². The first-order valence-electron chi connectivity index (χ1n) is 11.2. The second-order valence-electron chi connectivity index (χ2n) is 7.97. The molecule has 0 bridgehead atoms. The van der Waals surface area contributed by atoms with Gasteiger partial charge in [0.15, 0.2) is 23.1 Å². The number of pyridine rings is 1. The molecule has 4 aromatic rings. The number of amides is 1. The normalized spacial score (nSPS) is 11.6. The fourth-order valence-electron chi connectivity index (χ4n) is 3.50. The summed E-state index contributed by atoms with van der Waals surface area (Å²) in [5.41, 5.74) is 2.62. The Morgan fingerprint density at radius 2 is 1.86 bits per heavy atom. The smallest absolute Gasteiger partial charge is 0.220 e. The molecule has 0 saturated carbocycles. The summed E-state index contributed by atoms with van der Waals surface area (Å²) in [5, 5.41) is 2.99. The van der Waals surface area contributed by atoms with Gasteiger partial charge in [0, 0.05) is 30.8 Å². The van der Waals surface area contributed by atoms with Crippen LogP contribution < -0.4 is 14.8 Å². The molecule has 4 rings (SSSR count). The molecule has 2 heterocycles. The summed E-state index contributed by atoms with van der Waals surface area (Å²) in [7, 11) is 1.58. The van der Waals surface area contributed by atoms with Crippen LogP contribution >= 0.6 is 0 Å². The van der Waals surface area contributed by atoms with E-state index in [1.807, 2.05) is 37.3 Å². The van der Waals surface area contributed by atoms with Gasteiger partial charge in [-0.3, -0.25) is 9.78 Å². The van der Waals surface area contributed by atoms with Crippen molar-refractivity contribution in [2.24, 2.45) is 0 Å². The summed E-state index contributed by atoms with van der Waals surface area (Å²) in [4.78, 5) is 20.7. The number of nitrogens with one attached hydrogen (secondary N) is 1. The van der Waals surface area contributed by atoms with Crippen LogP contribution in [0.25, 0.3) is 11.3 Å². The predicted molar refractivity (Wildman–Crippen MR) is 128 cm³/mol. The number of carbonyl (C=O) groups excluding carboxylic acids is 1. The lowest BCUT2D eigenvalue weighted by atomic mass is 10.1. The quantitative estimate of drug-likeness (QED) is 0.336. The van der Waals surface area contributed by atoms with Crippen LogP contribution in [0.3, 0.4) is 0 Å². The number of benzene rings is 2. The number of carbonyl (C=O) groups is 1. The number of rotatable bonds is 10. The SMILES string of the molecule is COc1cc(C(C)NC(=O)CCc2ncc(-c3ccc(F)cc3)o2)ccc1OCc1ccncc1. The molecule has 0 saturated heterocycles. The van der Waals surface area contributed by atoms with Gasteiger partial charge in [0.05, 0.1) is 19.3 Å². The number of hydrogen-bond acceptors (Lipinski definition) is 6. The predicted octanol–water partition coefficient (Wildman–Crippen LogP) is 5.27. The molecule has 0 fully saturated rings. The van der Waals surface area contributed by atoms with Crippen LogP contribution in [0.4, 0.5) is 4.39 Å². The first-order chi connectivity index (χ1) is 17.0. The van der Waals surface area contributed by atoms with E-state index >= 15 is 0 Å². The van der Waals surface area contributed by atoms with Crippen LogP contribution in [0.5, 0.6) is 11.5 Å². The van der Waals surface area contributed by atoms with Crippen molar-refractivity contribution in [3.63, 3.8) is 0 Å². The minimum Gasteiger partial charge on any atom is -0.493 e. The van der Waals surface area contributed by atoms with E-state index in [1.165, 1.54) is 12.1 Å².